The van der Waals surface area contributed by atoms with E-state index in [2.05, 4.69) is 9.97 Å². The molecule has 1 unspecified atom stereocenters. The van der Waals surface area contributed by atoms with Crippen LogP contribution in [-0.4, -0.2) is 22.2 Å². The van der Waals surface area contributed by atoms with Crippen molar-refractivity contribution in [3.05, 3.63) is 53.5 Å². The first-order valence-electron chi connectivity index (χ1n) is 5.58. The molecule has 1 aromatic heterocycles. The average Bonchev–Trinajstić information content (AvgIpc) is 2.37. The Hall–Kier alpha value is -2.08. The second kappa shape index (κ2) is 5.71. The summed E-state index contributed by atoms with van der Waals surface area (Å²) in [6.07, 6.45) is 1.80. The number of rotatable bonds is 4. The zero-order valence-electron chi connectivity index (χ0n) is 10.2. The van der Waals surface area contributed by atoms with E-state index in [0.29, 0.717) is 5.56 Å². The second-order valence-corrected chi connectivity index (χ2v) is 3.95. The summed E-state index contributed by atoms with van der Waals surface area (Å²) in [7, 11) is 1.40. The first kappa shape index (κ1) is 13.4. The molecule has 0 aliphatic carbocycles. The molecule has 0 aliphatic heterocycles. The van der Waals surface area contributed by atoms with E-state index in [-0.39, 0.29) is 18.0 Å². The highest BCUT2D eigenvalue weighted by Gasteiger charge is 2.17. The van der Waals surface area contributed by atoms with E-state index in [1.165, 1.54) is 19.5 Å². The zero-order chi connectivity index (χ0) is 13.8. The van der Waals surface area contributed by atoms with Crippen LogP contribution in [0, 0.1) is 11.6 Å². The molecule has 0 aliphatic rings. The third-order valence-corrected chi connectivity index (χ3v) is 2.55. The molecule has 6 heteroatoms. The summed E-state index contributed by atoms with van der Waals surface area (Å²) in [5.74, 6) is -1.19. The van der Waals surface area contributed by atoms with E-state index >= 15 is 0 Å². The third kappa shape index (κ3) is 3.23. The number of aromatic nitrogens is 2. The van der Waals surface area contributed by atoms with Crippen LogP contribution < -0.4 is 4.74 Å². The maximum absolute atomic E-state index is 13.1. The minimum atomic E-state index is -1.05. The summed E-state index contributed by atoms with van der Waals surface area (Å²) in [6.45, 7) is 0. The molecule has 0 radical (unpaired) electrons. The van der Waals surface area contributed by atoms with E-state index in [1.807, 2.05) is 0 Å². The number of halogens is 2. The molecule has 0 saturated heterocycles. The summed E-state index contributed by atoms with van der Waals surface area (Å²) in [5.41, 5.74) is 0.562. The van der Waals surface area contributed by atoms with Crippen molar-refractivity contribution in [2.75, 3.05) is 7.11 Å². The van der Waals surface area contributed by atoms with Crippen LogP contribution in [0.3, 0.4) is 0 Å². The van der Waals surface area contributed by atoms with Crippen LogP contribution in [0.4, 0.5) is 8.78 Å². The molecular formula is C13H12F2N2O2. The summed E-state index contributed by atoms with van der Waals surface area (Å²) < 4.78 is 31.1. The summed E-state index contributed by atoms with van der Waals surface area (Å²) in [4.78, 5) is 7.87. The predicted molar refractivity (Wildman–Crippen MR) is 63.6 cm³/mol. The molecule has 1 N–H and O–H groups in total. The number of benzene rings is 1. The van der Waals surface area contributed by atoms with E-state index in [4.69, 9.17) is 4.74 Å². The Morgan fingerprint density at radius 1 is 1.16 bits per heavy atom. The number of aliphatic hydroxyl groups excluding tert-OH is 1. The molecule has 0 fully saturated rings. The lowest BCUT2D eigenvalue weighted by Gasteiger charge is -2.12. The topological polar surface area (TPSA) is 55.2 Å². The van der Waals surface area contributed by atoms with Crippen LogP contribution in [0.25, 0.3) is 0 Å². The highest BCUT2D eigenvalue weighted by molar-refractivity contribution is 5.24. The van der Waals surface area contributed by atoms with Crippen molar-refractivity contribution in [3.63, 3.8) is 0 Å². The highest BCUT2D eigenvalue weighted by atomic mass is 19.1. The Bertz CT molecular complexity index is 558. The van der Waals surface area contributed by atoms with E-state index < -0.39 is 17.7 Å². The van der Waals surface area contributed by atoms with Crippen LogP contribution in [-0.2, 0) is 6.42 Å². The molecular weight excluding hydrogens is 254 g/mol. The molecule has 2 rings (SSSR count). The number of hydrogen-bond donors (Lipinski definition) is 1. The summed E-state index contributed by atoms with van der Waals surface area (Å²) in [5, 5.41) is 10.0. The van der Waals surface area contributed by atoms with Crippen LogP contribution >= 0.6 is 0 Å². The monoisotopic (exact) mass is 266 g/mol. The number of methoxy groups -OCH3 is 1. The summed E-state index contributed by atoms with van der Waals surface area (Å²) in [6, 6.07) is 3.10. The van der Waals surface area contributed by atoms with E-state index in [9.17, 15) is 13.9 Å². The van der Waals surface area contributed by atoms with Gasteiger partial charge in [0.1, 0.15) is 23.4 Å². The van der Waals surface area contributed by atoms with Crippen LogP contribution in [0.5, 0.6) is 5.88 Å². The maximum Gasteiger partial charge on any atom is 0.238 e. The minimum absolute atomic E-state index is 0.0176. The van der Waals surface area contributed by atoms with Gasteiger partial charge in [0.15, 0.2) is 0 Å². The van der Waals surface area contributed by atoms with Crippen molar-refractivity contribution in [2.24, 2.45) is 0 Å². The van der Waals surface area contributed by atoms with Gasteiger partial charge in [-0.25, -0.2) is 13.8 Å². The quantitative estimate of drug-likeness (QED) is 0.920. The SMILES string of the molecule is COc1nccnc1C(O)Cc1cc(F)cc(F)c1. The second-order valence-electron chi connectivity index (χ2n) is 3.95. The predicted octanol–water partition coefficient (Wildman–Crippen LogP) is 2.04. The summed E-state index contributed by atoms with van der Waals surface area (Å²) >= 11 is 0. The lowest BCUT2D eigenvalue weighted by molar-refractivity contribution is 0.167. The Balaban J connectivity index is 2.22. The lowest BCUT2D eigenvalue weighted by atomic mass is 10.1. The van der Waals surface area contributed by atoms with Gasteiger partial charge >= 0.3 is 0 Å². The number of hydrogen-bond acceptors (Lipinski definition) is 4. The van der Waals surface area contributed by atoms with Gasteiger partial charge in [-0.3, -0.25) is 4.98 Å². The van der Waals surface area contributed by atoms with Gasteiger partial charge in [-0.15, -0.1) is 0 Å². The van der Waals surface area contributed by atoms with Gasteiger partial charge in [0.25, 0.3) is 0 Å². The number of aliphatic hydroxyl groups is 1. The van der Waals surface area contributed by atoms with Gasteiger partial charge in [-0.05, 0) is 17.7 Å². The number of nitrogens with zero attached hydrogens (tertiary/aromatic N) is 2. The van der Waals surface area contributed by atoms with Gasteiger partial charge in [-0.1, -0.05) is 0 Å². The Kier molecular flexibility index (Phi) is 4.01. The van der Waals surface area contributed by atoms with Crippen molar-refractivity contribution >= 4 is 0 Å². The van der Waals surface area contributed by atoms with Crippen molar-refractivity contribution in [1.29, 1.82) is 0 Å². The van der Waals surface area contributed by atoms with Gasteiger partial charge in [0.05, 0.1) is 7.11 Å². The Labute approximate surface area is 108 Å². The first-order chi connectivity index (χ1) is 9.10. The Morgan fingerprint density at radius 2 is 1.79 bits per heavy atom. The smallest absolute Gasteiger partial charge is 0.238 e. The van der Waals surface area contributed by atoms with Crippen molar-refractivity contribution in [3.8, 4) is 5.88 Å². The molecule has 0 bridgehead atoms. The number of ether oxygens (including phenoxy) is 1. The zero-order valence-corrected chi connectivity index (χ0v) is 10.2. The molecule has 19 heavy (non-hydrogen) atoms. The fourth-order valence-electron chi connectivity index (χ4n) is 1.77. The van der Waals surface area contributed by atoms with Gasteiger partial charge in [0.2, 0.25) is 5.88 Å². The molecule has 1 heterocycles. The van der Waals surface area contributed by atoms with Gasteiger partial charge in [0, 0.05) is 24.9 Å². The first-order valence-corrected chi connectivity index (χ1v) is 5.58. The van der Waals surface area contributed by atoms with Gasteiger partial charge < -0.3 is 9.84 Å². The highest BCUT2D eigenvalue weighted by Crippen LogP contribution is 2.23. The van der Waals surface area contributed by atoms with Crippen molar-refractivity contribution in [1.82, 2.24) is 9.97 Å². The standard InChI is InChI=1S/C13H12F2N2O2/c1-19-13-12(16-2-3-17-13)11(18)6-8-4-9(14)7-10(15)5-8/h2-5,7,11,18H,6H2,1H3. The van der Waals surface area contributed by atoms with Crippen molar-refractivity contribution in [2.45, 2.75) is 12.5 Å². The van der Waals surface area contributed by atoms with Crippen LogP contribution in [0.15, 0.2) is 30.6 Å². The maximum atomic E-state index is 13.1. The lowest BCUT2D eigenvalue weighted by Crippen LogP contribution is -2.08. The van der Waals surface area contributed by atoms with Crippen LogP contribution in [0.2, 0.25) is 0 Å². The fourth-order valence-corrected chi connectivity index (χ4v) is 1.77. The van der Waals surface area contributed by atoms with Gasteiger partial charge in [-0.2, -0.15) is 0 Å². The van der Waals surface area contributed by atoms with E-state index in [1.54, 1.807) is 0 Å². The van der Waals surface area contributed by atoms with E-state index in [0.717, 1.165) is 18.2 Å². The van der Waals surface area contributed by atoms with Crippen molar-refractivity contribution < 1.29 is 18.6 Å². The fraction of sp³-hybridized carbons (Fsp3) is 0.231. The Morgan fingerprint density at radius 3 is 2.42 bits per heavy atom. The molecule has 4 nitrogen and oxygen atoms in total. The average molecular weight is 266 g/mol. The largest absolute Gasteiger partial charge is 0.480 e. The minimum Gasteiger partial charge on any atom is -0.480 e. The molecule has 2 aromatic rings. The van der Waals surface area contributed by atoms with Crippen LogP contribution in [0.1, 0.15) is 17.4 Å². The molecule has 0 spiro atoms. The third-order valence-electron chi connectivity index (χ3n) is 2.55. The molecule has 1 atom stereocenters. The molecule has 0 amide bonds. The normalized spacial score (nSPS) is 12.2. The molecule has 0 saturated carbocycles. The molecule has 100 valence electrons. The molecule has 1 aromatic carbocycles.